The number of hydrogen-bond acceptors (Lipinski definition) is 7. The Kier molecular flexibility index (Phi) is 6.91. The smallest absolute Gasteiger partial charge is 0.293 e. The van der Waals surface area contributed by atoms with Gasteiger partial charge in [0.1, 0.15) is 11.4 Å². The van der Waals surface area contributed by atoms with Crippen LogP contribution < -0.4 is 14.8 Å². The minimum absolute atomic E-state index is 0.0266. The third-order valence-corrected chi connectivity index (χ3v) is 6.72. The number of ether oxygens (including phenoxy) is 1. The third kappa shape index (κ3) is 4.89. The fourth-order valence-electron chi connectivity index (χ4n) is 3.64. The number of nitro groups is 1. The molecule has 1 aliphatic heterocycles. The van der Waals surface area contributed by atoms with Gasteiger partial charge in [0.15, 0.2) is 0 Å². The van der Waals surface area contributed by atoms with Crippen molar-refractivity contribution < 1.29 is 18.1 Å². The van der Waals surface area contributed by atoms with Gasteiger partial charge >= 0.3 is 0 Å². The van der Waals surface area contributed by atoms with E-state index in [0.717, 1.165) is 43.3 Å². The average molecular weight is 435 g/mol. The second-order valence-electron chi connectivity index (χ2n) is 7.06. The molecule has 10 heteroatoms. The second-order valence-corrected chi connectivity index (χ2v) is 8.94. The van der Waals surface area contributed by atoms with E-state index in [1.54, 1.807) is 7.11 Å². The Balaban J connectivity index is 1.86. The number of rotatable bonds is 9. The van der Waals surface area contributed by atoms with Crippen LogP contribution in [-0.4, -0.2) is 52.0 Å². The van der Waals surface area contributed by atoms with E-state index in [1.165, 1.54) is 19.2 Å². The van der Waals surface area contributed by atoms with Crippen LogP contribution >= 0.6 is 0 Å². The van der Waals surface area contributed by atoms with Crippen molar-refractivity contribution in [3.63, 3.8) is 0 Å². The molecule has 3 rings (SSSR count). The molecule has 1 atom stereocenters. The maximum Gasteiger partial charge on any atom is 0.293 e. The van der Waals surface area contributed by atoms with Crippen molar-refractivity contribution in [1.82, 2.24) is 9.62 Å². The first-order chi connectivity index (χ1) is 14.4. The molecule has 2 aromatic carbocycles. The molecule has 1 fully saturated rings. The zero-order valence-corrected chi connectivity index (χ0v) is 17.8. The van der Waals surface area contributed by atoms with Crippen molar-refractivity contribution in [3.8, 4) is 5.75 Å². The van der Waals surface area contributed by atoms with Gasteiger partial charge in [0.2, 0.25) is 10.0 Å². The summed E-state index contributed by atoms with van der Waals surface area (Å²) in [5.41, 5.74) is 1.09. The van der Waals surface area contributed by atoms with Gasteiger partial charge in [-0.05, 0) is 62.8 Å². The number of likely N-dealkylation sites (tertiary alicyclic amines) is 1. The third-order valence-electron chi connectivity index (χ3n) is 5.31. The van der Waals surface area contributed by atoms with Gasteiger partial charge < -0.3 is 10.1 Å². The molecule has 1 heterocycles. The van der Waals surface area contributed by atoms with Gasteiger partial charge in [0.25, 0.3) is 5.69 Å². The van der Waals surface area contributed by atoms with Crippen molar-refractivity contribution in [3.05, 3.63) is 58.1 Å². The lowest BCUT2D eigenvalue weighted by Crippen LogP contribution is -2.31. The van der Waals surface area contributed by atoms with Gasteiger partial charge in [-0.25, -0.2) is 13.1 Å². The van der Waals surface area contributed by atoms with Gasteiger partial charge in [0, 0.05) is 12.6 Å². The SMILES string of the molecule is CNS(=O)(=O)c1ccc(NCC(c2ccc(OC)cc2)N2CCCC2)c([N+](=O)[O-])c1. The van der Waals surface area contributed by atoms with Gasteiger partial charge in [0.05, 0.1) is 23.0 Å². The molecule has 0 bridgehead atoms. The van der Waals surface area contributed by atoms with E-state index in [4.69, 9.17) is 4.74 Å². The number of nitrogens with zero attached hydrogens (tertiary/aromatic N) is 2. The highest BCUT2D eigenvalue weighted by atomic mass is 32.2. The van der Waals surface area contributed by atoms with Crippen LogP contribution in [0.25, 0.3) is 0 Å². The molecule has 1 aliphatic rings. The van der Waals surface area contributed by atoms with E-state index < -0.39 is 14.9 Å². The summed E-state index contributed by atoms with van der Waals surface area (Å²) in [5.74, 6) is 0.767. The highest BCUT2D eigenvalue weighted by Gasteiger charge is 2.25. The summed E-state index contributed by atoms with van der Waals surface area (Å²) in [6.45, 7) is 2.37. The molecule has 30 heavy (non-hydrogen) atoms. The average Bonchev–Trinajstić information content (AvgIpc) is 3.28. The van der Waals surface area contributed by atoms with Crippen molar-refractivity contribution >= 4 is 21.4 Å². The van der Waals surface area contributed by atoms with Gasteiger partial charge in [-0.3, -0.25) is 15.0 Å². The quantitative estimate of drug-likeness (QED) is 0.461. The molecule has 0 aliphatic carbocycles. The van der Waals surface area contributed by atoms with Crippen LogP contribution in [0.4, 0.5) is 11.4 Å². The lowest BCUT2D eigenvalue weighted by atomic mass is 10.0. The van der Waals surface area contributed by atoms with Crippen molar-refractivity contribution in [2.45, 2.75) is 23.8 Å². The largest absolute Gasteiger partial charge is 0.497 e. The topological polar surface area (TPSA) is 114 Å². The summed E-state index contributed by atoms with van der Waals surface area (Å²) >= 11 is 0. The molecule has 2 aromatic rings. The summed E-state index contributed by atoms with van der Waals surface area (Å²) in [4.78, 5) is 13.2. The molecular formula is C20H26N4O5S. The van der Waals surface area contributed by atoms with Gasteiger partial charge in [-0.2, -0.15) is 0 Å². The molecule has 0 aromatic heterocycles. The van der Waals surface area contributed by atoms with E-state index in [9.17, 15) is 18.5 Å². The van der Waals surface area contributed by atoms with Crippen LogP contribution in [0.2, 0.25) is 0 Å². The van der Waals surface area contributed by atoms with Crippen molar-refractivity contribution in [2.24, 2.45) is 0 Å². The molecule has 1 unspecified atom stereocenters. The number of sulfonamides is 1. The Hall–Kier alpha value is -2.69. The number of anilines is 1. The number of hydrogen-bond donors (Lipinski definition) is 2. The van der Waals surface area contributed by atoms with E-state index in [1.807, 2.05) is 24.3 Å². The molecule has 9 nitrogen and oxygen atoms in total. The second kappa shape index (κ2) is 9.41. The Morgan fingerprint density at radius 1 is 1.17 bits per heavy atom. The summed E-state index contributed by atoms with van der Waals surface area (Å²) in [6, 6.07) is 11.7. The van der Waals surface area contributed by atoms with Crippen LogP contribution in [0.3, 0.4) is 0 Å². The van der Waals surface area contributed by atoms with Crippen LogP contribution in [0.1, 0.15) is 24.4 Å². The van der Waals surface area contributed by atoms with Crippen molar-refractivity contribution in [2.75, 3.05) is 39.1 Å². The maximum atomic E-state index is 12.0. The standard InChI is InChI=1S/C20H26N4O5S/c1-21-30(27,28)17-9-10-18(19(13-17)24(25)26)22-14-20(23-11-3-4-12-23)15-5-7-16(29-2)8-6-15/h5-10,13,20-22H,3-4,11-12,14H2,1-2H3. The van der Waals surface area contributed by atoms with E-state index in [-0.39, 0.29) is 22.3 Å². The number of nitro benzene ring substituents is 1. The molecule has 0 spiro atoms. The van der Waals surface area contributed by atoms with E-state index in [0.29, 0.717) is 6.54 Å². The first-order valence-electron chi connectivity index (χ1n) is 9.69. The number of nitrogens with one attached hydrogen (secondary N) is 2. The minimum Gasteiger partial charge on any atom is -0.497 e. The summed E-state index contributed by atoms with van der Waals surface area (Å²) < 4.78 is 31.4. The molecule has 1 saturated heterocycles. The fraction of sp³-hybridized carbons (Fsp3) is 0.400. The predicted octanol–water partition coefficient (Wildman–Crippen LogP) is 2.76. The van der Waals surface area contributed by atoms with Gasteiger partial charge in [-0.1, -0.05) is 12.1 Å². The predicted molar refractivity (Wildman–Crippen MR) is 114 cm³/mol. The Morgan fingerprint density at radius 2 is 1.83 bits per heavy atom. The lowest BCUT2D eigenvalue weighted by Gasteiger charge is -2.28. The van der Waals surface area contributed by atoms with E-state index >= 15 is 0 Å². The summed E-state index contributed by atoms with van der Waals surface area (Å²) in [7, 11) is -0.884. The van der Waals surface area contributed by atoms with Crippen LogP contribution in [0.5, 0.6) is 5.75 Å². The molecule has 162 valence electrons. The highest BCUT2D eigenvalue weighted by Crippen LogP contribution is 2.31. The van der Waals surface area contributed by atoms with E-state index in [2.05, 4.69) is 14.9 Å². The Morgan fingerprint density at radius 3 is 2.40 bits per heavy atom. The summed E-state index contributed by atoms with van der Waals surface area (Å²) in [5, 5.41) is 14.7. The lowest BCUT2D eigenvalue weighted by molar-refractivity contribution is -0.384. The number of benzene rings is 2. The van der Waals surface area contributed by atoms with Crippen molar-refractivity contribution in [1.29, 1.82) is 0 Å². The monoisotopic (exact) mass is 434 g/mol. The Labute approximate surface area is 176 Å². The summed E-state index contributed by atoms with van der Waals surface area (Å²) in [6.07, 6.45) is 2.23. The first kappa shape index (κ1) is 22.0. The maximum absolute atomic E-state index is 12.0. The zero-order chi connectivity index (χ0) is 21.7. The van der Waals surface area contributed by atoms with Gasteiger partial charge in [-0.15, -0.1) is 0 Å². The normalized spacial score (nSPS) is 15.7. The fourth-order valence-corrected chi connectivity index (χ4v) is 4.39. The zero-order valence-electron chi connectivity index (χ0n) is 17.0. The molecule has 0 amide bonds. The van der Waals surface area contributed by atoms with Crippen LogP contribution in [0, 0.1) is 10.1 Å². The minimum atomic E-state index is -3.77. The Bertz CT molecular complexity index is 989. The van der Waals surface area contributed by atoms with Crippen LogP contribution in [0.15, 0.2) is 47.4 Å². The van der Waals surface area contributed by atoms with Crippen LogP contribution in [-0.2, 0) is 10.0 Å². The molecule has 0 radical (unpaired) electrons. The molecular weight excluding hydrogens is 408 g/mol. The highest BCUT2D eigenvalue weighted by molar-refractivity contribution is 7.89. The molecule has 0 saturated carbocycles. The molecule has 2 N–H and O–H groups in total. The first-order valence-corrected chi connectivity index (χ1v) is 11.2. The number of methoxy groups -OCH3 is 1.